The van der Waals surface area contributed by atoms with Crippen LogP contribution in [0.1, 0.15) is 5.56 Å². The van der Waals surface area contributed by atoms with Gasteiger partial charge in [-0.3, -0.25) is 9.78 Å². The Morgan fingerprint density at radius 1 is 1.22 bits per heavy atom. The lowest BCUT2D eigenvalue weighted by molar-refractivity contribution is -0.118. The molecule has 6 heteroatoms. The summed E-state index contributed by atoms with van der Waals surface area (Å²) in [6.45, 7) is 0.489. The lowest BCUT2D eigenvalue weighted by Gasteiger charge is -2.04. The number of carbonyl (C=O) groups is 1. The Bertz CT molecular complexity index is 446. The van der Waals surface area contributed by atoms with Crippen molar-refractivity contribution in [1.29, 1.82) is 0 Å². The predicted molar refractivity (Wildman–Crippen MR) is 68.8 cm³/mol. The number of aromatic nitrogens is 3. The van der Waals surface area contributed by atoms with Crippen molar-refractivity contribution in [1.82, 2.24) is 20.3 Å². The summed E-state index contributed by atoms with van der Waals surface area (Å²) in [6.07, 6.45) is 6.74. The van der Waals surface area contributed by atoms with Gasteiger partial charge in [-0.1, -0.05) is 17.8 Å². The van der Waals surface area contributed by atoms with E-state index in [2.05, 4.69) is 20.3 Å². The van der Waals surface area contributed by atoms with Crippen LogP contribution in [0.25, 0.3) is 0 Å². The zero-order valence-electron chi connectivity index (χ0n) is 9.61. The molecule has 2 aromatic heterocycles. The minimum atomic E-state index is -0.0451. The Labute approximate surface area is 109 Å². The predicted octanol–water partition coefficient (Wildman–Crippen LogP) is 1.28. The van der Waals surface area contributed by atoms with Gasteiger partial charge in [-0.2, -0.15) is 0 Å². The van der Waals surface area contributed by atoms with Crippen LogP contribution < -0.4 is 5.32 Å². The van der Waals surface area contributed by atoms with Gasteiger partial charge in [0, 0.05) is 31.3 Å². The molecule has 0 aliphatic rings. The molecule has 5 nitrogen and oxygen atoms in total. The molecule has 2 aromatic rings. The molecule has 0 radical (unpaired) electrons. The second kappa shape index (κ2) is 6.70. The van der Waals surface area contributed by atoms with Crippen molar-refractivity contribution < 1.29 is 4.79 Å². The highest BCUT2D eigenvalue weighted by atomic mass is 32.2. The maximum absolute atomic E-state index is 11.6. The number of rotatable bonds is 5. The topological polar surface area (TPSA) is 67.8 Å². The number of amides is 1. The Kier molecular flexibility index (Phi) is 4.66. The number of hydrogen-bond donors (Lipinski definition) is 1. The molecule has 2 rings (SSSR count). The zero-order chi connectivity index (χ0) is 12.6. The van der Waals surface area contributed by atoms with Crippen LogP contribution in [0, 0.1) is 0 Å². The van der Waals surface area contributed by atoms with Crippen LogP contribution in [0.4, 0.5) is 0 Å². The molecule has 0 aromatic carbocycles. The van der Waals surface area contributed by atoms with Gasteiger partial charge in [0.05, 0.1) is 5.75 Å². The van der Waals surface area contributed by atoms with Gasteiger partial charge in [0.1, 0.15) is 0 Å². The second-order valence-electron chi connectivity index (χ2n) is 3.46. The van der Waals surface area contributed by atoms with Crippen molar-refractivity contribution in [3.8, 4) is 0 Å². The molecule has 0 saturated heterocycles. The lowest BCUT2D eigenvalue weighted by atomic mass is 10.3. The molecule has 1 amide bonds. The van der Waals surface area contributed by atoms with Crippen molar-refractivity contribution in [2.24, 2.45) is 0 Å². The van der Waals surface area contributed by atoms with E-state index in [9.17, 15) is 4.79 Å². The van der Waals surface area contributed by atoms with Crippen molar-refractivity contribution in [2.75, 3.05) is 5.75 Å². The van der Waals surface area contributed by atoms with Gasteiger partial charge < -0.3 is 5.32 Å². The third kappa shape index (κ3) is 4.14. The van der Waals surface area contributed by atoms with Gasteiger partial charge in [-0.15, -0.1) is 0 Å². The molecule has 0 saturated carbocycles. The van der Waals surface area contributed by atoms with E-state index in [-0.39, 0.29) is 5.91 Å². The number of hydrogen-bond acceptors (Lipinski definition) is 5. The van der Waals surface area contributed by atoms with Crippen LogP contribution >= 0.6 is 11.8 Å². The molecular weight excluding hydrogens is 248 g/mol. The highest BCUT2D eigenvalue weighted by molar-refractivity contribution is 7.99. The van der Waals surface area contributed by atoms with E-state index >= 15 is 0 Å². The van der Waals surface area contributed by atoms with Crippen LogP contribution in [-0.2, 0) is 11.3 Å². The first-order valence-corrected chi connectivity index (χ1v) is 6.38. The Hall–Kier alpha value is -1.95. The average Bonchev–Trinajstić information content (AvgIpc) is 2.45. The summed E-state index contributed by atoms with van der Waals surface area (Å²) in [6, 6.07) is 5.50. The molecule has 0 atom stereocenters. The van der Waals surface area contributed by atoms with Gasteiger partial charge >= 0.3 is 0 Å². The maximum Gasteiger partial charge on any atom is 0.230 e. The summed E-state index contributed by atoms with van der Waals surface area (Å²) in [5.41, 5.74) is 0.979. The summed E-state index contributed by atoms with van der Waals surface area (Å²) in [5, 5.41) is 3.42. The van der Waals surface area contributed by atoms with E-state index in [1.54, 1.807) is 30.9 Å². The SMILES string of the molecule is O=C(CSc1ncccn1)NCc1cccnc1. The number of nitrogens with one attached hydrogen (secondary N) is 1. The van der Waals surface area contributed by atoms with E-state index in [0.29, 0.717) is 17.5 Å². The monoisotopic (exact) mass is 260 g/mol. The van der Waals surface area contributed by atoms with Gasteiger partial charge in [0.2, 0.25) is 5.91 Å². The first-order chi connectivity index (χ1) is 8.84. The van der Waals surface area contributed by atoms with Crippen LogP contribution in [0.3, 0.4) is 0 Å². The Morgan fingerprint density at radius 3 is 2.78 bits per heavy atom. The molecule has 92 valence electrons. The van der Waals surface area contributed by atoms with Crippen molar-refractivity contribution in [3.63, 3.8) is 0 Å². The molecule has 0 spiro atoms. The molecule has 2 heterocycles. The fourth-order valence-corrected chi connectivity index (χ4v) is 1.88. The minimum absolute atomic E-state index is 0.0451. The molecule has 0 aliphatic carbocycles. The van der Waals surface area contributed by atoms with Crippen molar-refractivity contribution >= 4 is 17.7 Å². The summed E-state index contributed by atoms with van der Waals surface area (Å²) >= 11 is 1.31. The molecule has 0 aliphatic heterocycles. The quantitative estimate of drug-likeness (QED) is 0.648. The van der Waals surface area contributed by atoms with Gasteiger partial charge in [0.15, 0.2) is 5.16 Å². The van der Waals surface area contributed by atoms with E-state index in [0.717, 1.165) is 5.56 Å². The van der Waals surface area contributed by atoms with Gasteiger partial charge in [-0.05, 0) is 17.7 Å². The highest BCUT2D eigenvalue weighted by Gasteiger charge is 2.03. The number of carbonyl (C=O) groups excluding carboxylic acids is 1. The smallest absolute Gasteiger partial charge is 0.230 e. The fraction of sp³-hybridized carbons (Fsp3) is 0.167. The first-order valence-electron chi connectivity index (χ1n) is 5.40. The first kappa shape index (κ1) is 12.5. The third-order valence-corrected chi connectivity index (χ3v) is 2.96. The highest BCUT2D eigenvalue weighted by Crippen LogP contribution is 2.09. The number of nitrogens with zero attached hydrogens (tertiary/aromatic N) is 3. The normalized spacial score (nSPS) is 10.0. The summed E-state index contributed by atoms with van der Waals surface area (Å²) in [7, 11) is 0. The maximum atomic E-state index is 11.6. The van der Waals surface area contributed by atoms with E-state index in [1.807, 2.05) is 12.1 Å². The summed E-state index contributed by atoms with van der Waals surface area (Å²) in [4.78, 5) is 23.6. The number of pyridine rings is 1. The van der Waals surface area contributed by atoms with Crippen molar-refractivity contribution in [3.05, 3.63) is 48.5 Å². The third-order valence-electron chi connectivity index (χ3n) is 2.09. The molecule has 18 heavy (non-hydrogen) atoms. The largest absolute Gasteiger partial charge is 0.351 e. The average molecular weight is 260 g/mol. The molecule has 0 bridgehead atoms. The summed E-state index contributed by atoms with van der Waals surface area (Å²) < 4.78 is 0. The second-order valence-corrected chi connectivity index (χ2v) is 4.40. The fourth-order valence-electron chi connectivity index (χ4n) is 1.24. The van der Waals surface area contributed by atoms with E-state index in [1.165, 1.54) is 11.8 Å². The molecule has 0 unspecified atom stereocenters. The minimum Gasteiger partial charge on any atom is -0.351 e. The van der Waals surface area contributed by atoms with Gasteiger partial charge in [0.25, 0.3) is 0 Å². The Morgan fingerprint density at radius 2 is 2.06 bits per heavy atom. The van der Waals surface area contributed by atoms with Crippen LogP contribution in [0.5, 0.6) is 0 Å². The molecule has 1 N–H and O–H groups in total. The van der Waals surface area contributed by atoms with E-state index in [4.69, 9.17) is 0 Å². The standard InChI is InChI=1S/C12H12N4OS/c17-11(9-18-12-14-5-2-6-15-12)16-8-10-3-1-4-13-7-10/h1-7H,8-9H2,(H,16,17). The van der Waals surface area contributed by atoms with Gasteiger partial charge in [-0.25, -0.2) is 9.97 Å². The zero-order valence-corrected chi connectivity index (χ0v) is 10.4. The van der Waals surface area contributed by atoms with E-state index < -0.39 is 0 Å². The lowest BCUT2D eigenvalue weighted by Crippen LogP contribution is -2.24. The van der Waals surface area contributed by atoms with Crippen molar-refractivity contribution in [2.45, 2.75) is 11.7 Å². The summed E-state index contributed by atoms with van der Waals surface area (Å²) in [5.74, 6) is 0.265. The van der Waals surface area contributed by atoms with Crippen LogP contribution in [0.15, 0.2) is 48.1 Å². The molecular formula is C12H12N4OS. The Balaban J connectivity index is 1.73. The van der Waals surface area contributed by atoms with Crippen LogP contribution in [0.2, 0.25) is 0 Å². The number of thioether (sulfide) groups is 1. The van der Waals surface area contributed by atoms with Crippen LogP contribution in [-0.4, -0.2) is 26.6 Å². The molecule has 0 fully saturated rings.